The van der Waals surface area contributed by atoms with E-state index in [0.717, 1.165) is 12.0 Å². The third-order valence-electron chi connectivity index (χ3n) is 2.69. The summed E-state index contributed by atoms with van der Waals surface area (Å²) in [4.78, 5) is 10.0. The van der Waals surface area contributed by atoms with Crippen molar-refractivity contribution in [2.75, 3.05) is 6.61 Å². The second kappa shape index (κ2) is 4.29. The Labute approximate surface area is 92.4 Å². The number of nitro groups is 1. The largest absolute Gasteiger partial charge is 0.372 e. The van der Waals surface area contributed by atoms with Gasteiger partial charge in [0.25, 0.3) is 5.69 Å². The van der Waals surface area contributed by atoms with Crippen molar-refractivity contribution in [1.29, 1.82) is 5.26 Å². The van der Waals surface area contributed by atoms with Gasteiger partial charge < -0.3 is 4.74 Å². The molecule has 0 spiro atoms. The lowest BCUT2D eigenvalue weighted by molar-refractivity contribution is -0.384. The van der Waals surface area contributed by atoms with E-state index in [-0.39, 0.29) is 17.7 Å². The molecule has 1 heterocycles. The molecule has 1 aromatic rings. The lowest BCUT2D eigenvalue weighted by atomic mass is 9.97. The molecular weight excluding hydrogens is 208 g/mol. The van der Waals surface area contributed by atoms with Gasteiger partial charge in [0.1, 0.15) is 0 Å². The molecule has 0 saturated carbocycles. The fraction of sp³-hybridized carbons (Fsp3) is 0.364. The molecule has 16 heavy (non-hydrogen) atoms. The number of benzene rings is 1. The molecule has 2 atom stereocenters. The molecule has 5 nitrogen and oxygen atoms in total. The maximum atomic E-state index is 10.5. The van der Waals surface area contributed by atoms with Gasteiger partial charge in [0.05, 0.1) is 23.0 Å². The zero-order valence-corrected chi connectivity index (χ0v) is 8.50. The Kier molecular flexibility index (Phi) is 2.84. The van der Waals surface area contributed by atoms with Crippen LogP contribution in [0.5, 0.6) is 0 Å². The first-order valence-electron chi connectivity index (χ1n) is 4.98. The van der Waals surface area contributed by atoms with Crippen LogP contribution >= 0.6 is 0 Å². The summed E-state index contributed by atoms with van der Waals surface area (Å²) >= 11 is 0. The molecule has 1 aliphatic rings. The van der Waals surface area contributed by atoms with Gasteiger partial charge in [-0.05, 0) is 24.1 Å². The first-order valence-corrected chi connectivity index (χ1v) is 4.98. The second-order valence-corrected chi connectivity index (χ2v) is 3.66. The predicted molar refractivity (Wildman–Crippen MR) is 55.5 cm³/mol. The summed E-state index contributed by atoms with van der Waals surface area (Å²) in [6.45, 7) is 0.569. The van der Waals surface area contributed by atoms with Crippen LogP contribution in [0.15, 0.2) is 24.3 Å². The van der Waals surface area contributed by atoms with Crippen molar-refractivity contribution in [3.63, 3.8) is 0 Å². The fourth-order valence-electron chi connectivity index (χ4n) is 1.84. The van der Waals surface area contributed by atoms with Crippen LogP contribution in [0.25, 0.3) is 0 Å². The van der Waals surface area contributed by atoms with Crippen molar-refractivity contribution < 1.29 is 9.66 Å². The van der Waals surface area contributed by atoms with E-state index in [2.05, 4.69) is 6.07 Å². The van der Waals surface area contributed by atoms with Crippen molar-refractivity contribution in [3.8, 4) is 6.07 Å². The van der Waals surface area contributed by atoms with E-state index in [9.17, 15) is 10.1 Å². The molecule has 1 saturated heterocycles. The second-order valence-electron chi connectivity index (χ2n) is 3.66. The number of ether oxygens (including phenoxy) is 1. The molecule has 5 heteroatoms. The zero-order chi connectivity index (χ0) is 11.5. The van der Waals surface area contributed by atoms with Crippen LogP contribution in [0.4, 0.5) is 5.69 Å². The van der Waals surface area contributed by atoms with Gasteiger partial charge in [-0.15, -0.1) is 0 Å². The van der Waals surface area contributed by atoms with Gasteiger partial charge in [-0.1, -0.05) is 0 Å². The molecule has 82 valence electrons. The summed E-state index contributed by atoms with van der Waals surface area (Å²) in [7, 11) is 0. The van der Waals surface area contributed by atoms with Crippen molar-refractivity contribution in [2.24, 2.45) is 5.92 Å². The average Bonchev–Trinajstić information content (AvgIpc) is 2.77. The predicted octanol–water partition coefficient (Wildman–Crippen LogP) is 2.20. The highest BCUT2D eigenvalue weighted by Gasteiger charge is 2.29. The minimum absolute atomic E-state index is 0.0512. The Bertz CT molecular complexity index is 436. The van der Waals surface area contributed by atoms with Crippen LogP contribution in [0, 0.1) is 27.4 Å². The number of hydrogen-bond acceptors (Lipinski definition) is 4. The van der Waals surface area contributed by atoms with Crippen LogP contribution in [-0.4, -0.2) is 11.5 Å². The van der Waals surface area contributed by atoms with Crippen LogP contribution in [0.3, 0.4) is 0 Å². The van der Waals surface area contributed by atoms with Crippen LogP contribution < -0.4 is 0 Å². The number of hydrogen-bond donors (Lipinski definition) is 0. The van der Waals surface area contributed by atoms with E-state index < -0.39 is 4.92 Å². The number of nitriles is 1. The van der Waals surface area contributed by atoms with Gasteiger partial charge in [-0.3, -0.25) is 10.1 Å². The maximum absolute atomic E-state index is 10.5. The number of rotatable bonds is 2. The number of non-ortho nitro benzene ring substituents is 1. The van der Waals surface area contributed by atoms with E-state index >= 15 is 0 Å². The Balaban J connectivity index is 2.22. The third-order valence-corrected chi connectivity index (χ3v) is 2.69. The molecule has 0 bridgehead atoms. The van der Waals surface area contributed by atoms with Gasteiger partial charge in [0, 0.05) is 18.7 Å². The van der Waals surface area contributed by atoms with Gasteiger partial charge in [0.2, 0.25) is 0 Å². The van der Waals surface area contributed by atoms with E-state index in [1.807, 2.05) is 0 Å². The molecule has 1 aliphatic heterocycles. The maximum Gasteiger partial charge on any atom is 0.269 e. The van der Waals surface area contributed by atoms with Crippen LogP contribution in [-0.2, 0) is 4.74 Å². The first-order chi connectivity index (χ1) is 7.72. The van der Waals surface area contributed by atoms with Gasteiger partial charge >= 0.3 is 0 Å². The first kappa shape index (κ1) is 10.6. The summed E-state index contributed by atoms with van der Waals surface area (Å²) < 4.78 is 5.45. The molecule has 0 aromatic heterocycles. The Morgan fingerprint density at radius 1 is 1.44 bits per heavy atom. The topological polar surface area (TPSA) is 76.2 Å². The summed E-state index contributed by atoms with van der Waals surface area (Å²) in [5.74, 6) is -0.151. The smallest absolute Gasteiger partial charge is 0.269 e. The lowest BCUT2D eigenvalue weighted by Gasteiger charge is -2.12. The fourth-order valence-corrected chi connectivity index (χ4v) is 1.84. The third kappa shape index (κ3) is 1.88. The molecule has 1 aromatic carbocycles. The van der Waals surface area contributed by atoms with Crippen molar-refractivity contribution in [1.82, 2.24) is 0 Å². The van der Waals surface area contributed by atoms with Crippen LogP contribution in [0.2, 0.25) is 0 Å². The normalized spacial score (nSPS) is 23.9. The van der Waals surface area contributed by atoms with E-state index in [4.69, 9.17) is 10.00 Å². The standard InChI is InChI=1S/C11H10N2O3/c12-7-9-5-6-16-11(9)8-1-3-10(4-2-8)13(14)15/h1-4,9,11H,5-6H2. The minimum atomic E-state index is -0.443. The highest BCUT2D eigenvalue weighted by atomic mass is 16.6. The molecule has 0 N–H and O–H groups in total. The highest BCUT2D eigenvalue weighted by molar-refractivity contribution is 5.34. The van der Waals surface area contributed by atoms with Crippen molar-refractivity contribution in [2.45, 2.75) is 12.5 Å². The molecule has 2 unspecified atom stereocenters. The summed E-state index contributed by atoms with van der Waals surface area (Å²) in [5, 5.41) is 19.4. The Hall–Kier alpha value is -1.93. The zero-order valence-electron chi connectivity index (χ0n) is 8.50. The quantitative estimate of drug-likeness (QED) is 0.563. The van der Waals surface area contributed by atoms with Crippen LogP contribution in [0.1, 0.15) is 18.1 Å². The van der Waals surface area contributed by atoms with Gasteiger partial charge in [-0.25, -0.2) is 0 Å². The van der Waals surface area contributed by atoms with E-state index in [1.54, 1.807) is 12.1 Å². The minimum Gasteiger partial charge on any atom is -0.372 e. The Morgan fingerprint density at radius 2 is 2.12 bits per heavy atom. The molecule has 0 radical (unpaired) electrons. The van der Waals surface area contributed by atoms with Crippen molar-refractivity contribution in [3.05, 3.63) is 39.9 Å². The molecule has 2 rings (SSSR count). The monoisotopic (exact) mass is 218 g/mol. The summed E-state index contributed by atoms with van der Waals surface area (Å²) in [5.41, 5.74) is 0.880. The summed E-state index contributed by atoms with van der Waals surface area (Å²) in [6, 6.07) is 8.37. The van der Waals surface area contributed by atoms with E-state index in [1.165, 1.54) is 12.1 Å². The Morgan fingerprint density at radius 3 is 2.69 bits per heavy atom. The molecule has 0 amide bonds. The highest BCUT2D eigenvalue weighted by Crippen LogP contribution is 2.34. The summed E-state index contributed by atoms with van der Waals surface area (Å²) in [6.07, 6.45) is 0.476. The SMILES string of the molecule is N#CC1CCOC1c1ccc([N+](=O)[O-])cc1. The van der Waals surface area contributed by atoms with Gasteiger partial charge in [0.15, 0.2) is 0 Å². The van der Waals surface area contributed by atoms with E-state index in [0.29, 0.717) is 6.61 Å². The number of nitro benzene ring substituents is 1. The average molecular weight is 218 g/mol. The van der Waals surface area contributed by atoms with Gasteiger partial charge in [-0.2, -0.15) is 5.26 Å². The molecule has 0 aliphatic carbocycles. The number of nitrogens with zero attached hydrogens (tertiary/aromatic N) is 2. The molecule has 1 fully saturated rings. The lowest BCUT2D eigenvalue weighted by Crippen LogP contribution is -2.05. The molecular formula is C11H10N2O3. The van der Waals surface area contributed by atoms with Crippen molar-refractivity contribution >= 4 is 5.69 Å².